The van der Waals surface area contributed by atoms with Crippen molar-refractivity contribution in [2.24, 2.45) is 0 Å². The van der Waals surface area contributed by atoms with Crippen molar-refractivity contribution in [2.75, 3.05) is 4.90 Å². The fourth-order valence-electron chi connectivity index (χ4n) is 8.55. The highest BCUT2D eigenvalue weighted by atomic mass is 16.3. The molecule has 0 fully saturated rings. The summed E-state index contributed by atoms with van der Waals surface area (Å²) in [6.45, 7) is 11.5. The van der Waals surface area contributed by atoms with Gasteiger partial charge in [-0.05, 0) is 93.4 Å². The number of benzene rings is 7. The zero-order chi connectivity index (χ0) is 35.4. The average Bonchev–Trinajstić information content (AvgIpc) is 3.80. The van der Waals surface area contributed by atoms with Crippen LogP contribution < -0.4 is 4.90 Å². The molecule has 2 aromatic heterocycles. The molecule has 0 bridgehead atoms. The third-order valence-corrected chi connectivity index (χ3v) is 11.2. The first-order valence-electron chi connectivity index (χ1n) is 18.2. The standard InChI is InChI=1S/C49H39NO2/c1-48(2,3)32-23-27-41-35(29-32)45-43(52-41)28-26-37-47(45)46-36(49(37,4)5)16-11-17-39(46)50(33-24-21-31(22-25-33)30-13-7-6-8-14-30)38-18-12-20-42-44(38)34-15-9-10-19-40(34)51-42/h6-29H,1-5H3. The second-order valence-electron chi connectivity index (χ2n) is 15.7. The monoisotopic (exact) mass is 673 g/mol. The van der Waals surface area contributed by atoms with Gasteiger partial charge in [0.1, 0.15) is 22.3 Å². The van der Waals surface area contributed by atoms with E-state index in [0.29, 0.717) is 0 Å². The van der Waals surface area contributed by atoms with E-state index in [1.54, 1.807) is 0 Å². The molecule has 0 N–H and O–H groups in total. The highest BCUT2D eigenvalue weighted by Crippen LogP contribution is 2.58. The molecule has 3 heteroatoms. The molecule has 0 saturated carbocycles. The van der Waals surface area contributed by atoms with Crippen molar-refractivity contribution < 1.29 is 8.83 Å². The van der Waals surface area contributed by atoms with Crippen molar-refractivity contribution in [1.82, 2.24) is 0 Å². The number of rotatable bonds is 4. The molecular formula is C49H39NO2. The molecule has 1 aliphatic carbocycles. The van der Waals surface area contributed by atoms with Crippen LogP contribution in [-0.2, 0) is 10.8 Å². The summed E-state index contributed by atoms with van der Waals surface area (Å²) in [5, 5.41) is 4.55. The van der Waals surface area contributed by atoms with Crippen molar-refractivity contribution in [3.8, 4) is 22.3 Å². The lowest BCUT2D eigenvalue weighted by Crippen LogP contribution is -2.16. The molecule has 52 heavy (non-hydrogen) atoms. The van der Waals surface area contributed by atoms with Gasteiger partial charge in [0.25, 0.3) is 0 Å². The summed E-state index contributed by atoms with van der Waals surface area (Å²) < 4.78 is 13.1. The second-order valence-corrected chi connectivity index (χ2v) is 15.7. The van der Waals surface area contributed by atoms with Crippen LogP contribution in [0.25, 0.3) is 66.1 Å². The van der Waals surface area contributed by atoms with E-state index in [9.17, 15) is 0 Å². The Morgan fingerprint density at radius 3 is 1.88 bits per heavy atom. The summed E-state index contributed by atoms with van der Waals surface area (Å²) >= 11 is 0. The fourth-order valence-corrected chi connectivity index (χ4v) is 8.55. The van der Waals surface area contributed by atoms with Crippen molar-refractivity contribution >= 4 is 60.9 Å². The lowest BCUT2D eigenvalue weighted by molar-refractivity contribution is 0.590. The van der Waals surface area contributed by atoms with E-state index >= 15 is 0 Å². The van der Waals surface area contributed by atoms with Crippen LogP contribution in [0.4, 0.5) is 17.1 Å². The maximum Gasteiger partial charge on any atom is 0.137 e. The Bertz CT molecular complexity index is 2850. The summed E-state index contributed by atoms with van der Waals surface area (Å²) in [6.07, 6.45) is 0. The summed E-state index contributed by atoms with van der Waals surface area (Å²) in [5.74, 6) is 0. The van der Waals surface area contributed by atoms with Gasteiger partial charge in [0.05, 0.1) is 16.8 Å². The van der Waals surface area contributed by atoms with Gasteiger partial charge in [-0.2, -0.15) is 0 Å². The minimum atomic E-state index is -0.225. The van der Waals surface area contributed by atoms with Crippen molar-refractivity contribution in [3.05, 3.63) is 162 Å². The first-order valence-corrected chi connectivity index (χ1v) is 18.2. The summed E-state index contributed by atoms with van der Waals surface area (Å²) in [4.78, 5) is 2.45. The van der Waals surface area contributed by atoms with Gasteiger partial charge in [-0.25, -0.2) is 0 Å². The summed E-state index contributed by atoms with van der Waals surface area (Å²) in [5.41, 5.74) is 15.5. The van der Waals surface area contributed by atoms with Crippen LogP contribution in [0.5, 0.6) is 0 Å². The molecule has 1 aliphatic rings. The minimum absolute atomic E-state index is 0.00678. The number of furan rings is 2. The lowest BCUT2D eigenvalue weighted by Gasteiger charge is -2.29. The summed E-state index contributed by atoms with van der Waals surface area (Å²) in [6, 6.07) is 52.4. The molecule has 252 valence electrons. The van der Waals surface area contributed by atoms with Crippen molar-refractivity contribution in [2.45, 2.75) is 45.4 Å². The molecule has 2 heterocycles. The molecule has 7 aromatic carbocycles. The molecule has 0 spiro atoms. The third kappa shape index (κ3) is 4.45. The van der Waals surface area contributed by atoms with Crippen LogP contribution >= 0.6 is 0 Å². The first kappa shape index (κ1) is 30.7. The highest BCUT2D eigenvalue weighted by Gasteiger charge is 2.40. The molecule has 0 saturated heterocycles. The number of hydrogen-bond acceptors (Lipinski definition) is 3. The molecule has 0 unspecified atom stereocenters. The summed E-state index contributed by atoms with van der Waals surface area (Å²) in [7, 11) is 0. The van der Waals surface area contributed by atoms with Gasteiger partial charge in [-0.3, -0.25) is 0 Å². The number of anilines is 3. The van der Waals surface area contributed by atoms with Crippen LogP contribution in [-0.4, -0.2) is 0 Å². The Hall–Kier alpha value is -6.06. The van der Waals surface area contributed by atoms with Crippen LogP contribution in [0.1, 0.15) is 51.3 Å². The maximum atomic E-state index is 6.62. The molecular weight excluding hydrogens is 635 g/mol. The van der Waals surface area contributed by atoms with E-state index < -0.39 is 0 Å². The Morgan fingerprint density at radius 2 is 1.10 bits per heavy atom. The Kier molecular flexibility index (Phi) is 6.48. The zero-order valence-electron chi connectivity index (χ0n) is 30.1. The number of para-hydroxylation sites is 1. The van der Waals surface area contributed by atoms with Crippen LogP contribution in [0.15, 0.2) is 154 Å². The molecule has 0 atom stereocenters. The van der Waals surface area contributed by atoms with Crippen LogP contribution in [0, 0.1) is 0 Å². The van der Waals surface area contributed by atoms with E-state index in [0.717, 1.165) is 50.2 Å². The molecule has 10 rings (SSSR count). The fraction of sp³-hybridized carbons (Fsp3) is 0.143. The van der Waals surface area contributed by atoms with E-state index in [4.69, 9.17) is 8.83 Å². The lowest BCUT2D eigenvalue weighted by atomic mass is 9.82. The van der Waals surface area contributed by atoms with E-state index in [1.807, 2.05) is 6.07 Å². The molecule has 9 aromatic rings. The highest BCUT2D eigenvalue weighted by molar-refractivity contribution is 6.18. The maximum absolute atomic E-state index is 6.62. The third-order valence-electron chi connectivity index (χ3n) is 11.2. The van der Waals surface area contributed by atoms with E-state index in [-0.39, 0.29) is 10.8 Å². The quantitative estimate of drug-likeness (QED) is 0.186. The van der Waals surface area contributed by atoms with E-state index in [1.165, 1.54) is 49.7 Å². The zero-order valence-corrected chi connectivity index (χ0v) is 30.1. The molecule has 0 radical (unpaired) electrons. The number of hydrogen-bond donors (Lipinski definition) is 0. The molecule has 0 amide bonds. The Morgan fingerprint density at radius 1 is 0.481 bits per heavy atom. The van der Waals surface area contributed by atoms with Gasteiger partial charge < -0.3 is 13.7 Å². The molecule has 0 aliphatic heterocycles. The average molecular weight is 674 g/mol. The van der Waals surface area contributed by atoms with Crippen LogP contribution in [0.2, 0.25) is 0 Å². The van der Waals surface area contributed by atoms with Crippen molar-refractivity contribution in [1.29, 1.82) is 0 Å². The predicted octanol–water partition coefficient (Wildman–Crippen LogP) is 14.2. The smallest absolute Gasteiger partial charge is 0.137 e. The topological polar surface area (TPSA) is 29.5 Å². The van der Waals surface area contributed by atoms with Gasteiger partial charge in [-0.1, -0.05) is 126 Å². The Labute approximate surface area is 303 Å². The van der Waals surface area contributed by atoms with Crippen molar-refractivity contribution in [3.63, 3.8) is 0 Å². The van der Waals surface area contributed by atoms with Gasteiger partial charge in [-0.15, -0.1) is 0 Å². The number of fused-ring (bicyclic) bond motifs is 10. The largest absolute Gasteiger partial charge is 0.456 e. The molecule has 3 nitrogen and oxygen atoms in total. The van der Waals surface area contributed by atoms with Crippen LogP contribution in [0.3, 0.4) is 0 Å². The Balaban J connectivity index is 1.30. The SMILES string of the molecule is CC(C)(C)c1ccc2oc3ccc4c(c3c2c1)-c1c(N(c2ccc(-c3ccccc3)cc2)c2cccc3oc5ccccc5c23)cccc1C4(C)C. The van der Waals surface area contributed by atoms with Gasteiger partial charge in [0, 0.05) is 32.8 Å². The van der Waals surface area contributed by atoms with E-state index in [2.05, 4.69) is 179 Å². The predicted molar refractivity (Wildman–Crippen MR) is 217 cm³/mol. The van der Waals surface area contributed by atoms with Gasteiger partial charge in [0.2, 0.25) is 0 Å². The first-order chi connectivity index (χ1) is 25.2. The van der Waals surface area contributed by atoms with Gasteiger partial charge >= 0.3 is 0 Å². The second kappa shape index (κ2) is 11.0. The minimum Gasteiger partial charge on any atom is -0.456 e. The number of nitrogens with zero attached hydrogens (tertiary/aromatic N) is 1. The normalized spacial score (nSPS) is 13.6. The van der Waals surface area contributed by atoms with Gasteiger partial charge in [0.15, 0.2) is 0 Å².